The molecule has 0 bridgehead atoms. The van der Waals surface area contributed by atoms with Crippen molar-refractivity contribution in [3.05, 3.63) is 0 Å². The van der Waals surface area contributed by atoms with Crippen LogP contribution in [-0.4, -0.2) is 43.3 Å². The number of nitrogens with one attached hydrogen (secondary N) is 1. The molecule has 0 saturated carbocycles. The lowest BCUT2D eigenvalue weighted by Gasteiger charge is -2.22. The standard InChI is InChI=1S/C15H28N2O4/c1-4-20-15(19)13(9-11-6-5-7-21-11)17-14(18)12(16)8-10(2)3/h10-13H,4-9,16H2,1-3H3,(H,17,18)/t11-,12+,13+/m1/s1. The lowest BCUT2D eigenvalue weighted by molar-refractivity contribution is -0.148. The molecule has 0 radical (unpaired) electrons. The monoisotopic (exact) mass is 300 g/mol. The zero-order valence-corrected chi connectivity index (χ0v) is 13.3. The molecule has 1 amide bonds. The molecule has 6 heteroatoms. The number of amides is 1. The minimum Gasteiger partial charge on any atom is -0.464 e. The summed E-state index contributed by atoms with van der Waals surface area (Å²) in [6.07, 6.45) is 2.92. The second-order valence-corrected chi connectivity index (χ2v) is 5.92. The Morgan fingerprint density at radius 2 is 2.14 bits per heavy atom. The Morgan fingerprint density at radius 3 is 2.67 bits per heavy atom. The van der Waals surface area contributed by atoms with Crippen LogP contribution >= 0.6 is 0 Å². The lowest BCUT2D eigenvalue weighted by atomic mass is 10.0. The quantitative estimate of drug-likeness (QED) is 0.652. The lowest BCUT2D eigenvalue weighted by Crippen LogP contribution is -2.50. The molecular formula is C15H28N2O4. The van der Waals surface area contributed by atoms with E-state index >= 15 is 0 Å². The fourth-order valence-corrected chi connectivity index (χ4v) is 2.44. The first kappa shape index (κ1) is 17.9. The van der Waals surface area contributed by atoms with Gasteiger partial charge in [-0.25, -0.2) is 4.79 Å². The first-order valence-electron chi connectivity index (χ1n) is 7.78. The fourth-order valence-electron chi connectivity index (χ4n) is 2.44. The zero-order valence-electron chi connectivity index (χ0n) is 13.3. The van der Waals surface area contributed by atoms with Crippen molar-refractivity contribution in [3.8, 4) is 0 Å². The van der Waals surface area contributed by atoms with Gasteiger partial charge in [0.25, 0.3) is 0 Å². The first-order chi connectivity index (χ1) is 9.93. The van der Waals surface area contributed by atoms with Crippen molar-refractivity contribution in [2.24, 2.45) is 11.7 Å². The van der Waals surface area contributed by atoms with Crippen LogP contribution in [0.5, 0.6) is 0 Å². The van der Waals surface area contributed by atoms with E-state index in [2.05, 4.69) is 5.32 Å². The van der Waals surface area contributed by atoms with Gasteiger partial charge in [-0.2, -0.15) is 0 Å². The summed E-state index contributed by atoms with van der Waals surface area (Å²) in [7, 11) is 0. The van der Waals surface area contributed by atoms with Crippen LogP contribution in [0.2, 0.25) is 0 Å². The molecule has 1 heterocycles. The number of carbonyl (C=O) groups excluding carboxylic acids is 2. The Bertz CT molecular complexity index is 341. The molecule has 3 atom stereocenters. The molecule has 1 rings (SSSR count). The number of carbonyl (C=O) groups is 2. The van der Waals surface area contributed by atoms with Crippen LogP contribution in [0.4, 0.5) is 0 Å². The van der Waals surface area contributed by atoms with Gasteiger partial charge >= 0.3 is 5.97 Å². The molecule has 0 aromatic rings. The average molecular weight is 300 g/mol. The van der Waals surface area contributed by atoms with Crippen molar-refractivity contribution in [3.63, 3.8) is 0 Å². The third kappa shape index (κ3) is 6.44. The predicted molar refractivity (Wildman–Crippen MR) is 79.6 cm³/mol. The summed E-state index contributed by atoms with van der Waals surface area (Å²) in [5, 5.41) is 2.72. The Labute approximate surface area is 126 Å². The van der Waals surface area contributed by atoms with Gasteiger partial charge in [0.2, 0.25) is 5.91 Å². The molecular weight excluding hydrogens is 272 g/mol. The highest BCUT2D eigenvalue weighted by molar-refractivity contribution is 5.87. The molecule has 1 aliphatic heterocycles. The Morgan fingerprint density at radius 1 is 1.43 bits per heavy atom. The minimum absolute atomic E-state index is 0.000953. The summed E-state index contributed by atoms with van der Waals surface area (Å²) in [5.74, 6) is -0.400. The van der Waals surface area contributed by atoms with Crippen molar-refractivity contribution < 1.29 is 19.1 Å². The van der Waals surface area contributed by atoms with Crippen molar-refractivity contribution in [2.75, 3.05) is 13.2 Å². The van der Waals surface area contributed by atoms with E-state index in [4.69, 9.17) is 15.2 Å². The number of nitrogens with two attached hydrogens (primary N) is 1. The maximum Gasteiger partial charge on any atom is 0.328 e. The first-order valence-corrected chi connectivity index (χ1v) is 7.78. The van der Waals surface area contributed by atoms with Gasteiger partial charge in [-0.3, -0.25) is 4.79 Å². The maximum atomic E-state index is 12.1. The molecule has 6 nitrogen and oxygen atoms in total. The molecule has 1 aliphatic rings. The van der Waals surface area contributed by atoms with E-state index in [-0.39, 0.29) is 18.6 Å². The largest absolute Gasteiger partial charge is 0.464 e. The van der Waals surface area contributed by atoms with Crippen LogP contribution in [0.3, 0.4) is 0 Å². The molecule has 0 unspecified atom stereocenters. The van der Waals surface area contributed by atoms with E-state index < -0.39 is 18.1 Å². The topological polar surface area (TPSA) is 90.6 Å². The van der Waals surface area contributed by atoms with Crippen LogP contribution in [0.25, 0.3) is 0 Å². The van der Waals surface area contributed by atoms with Crippen LogP contribution in [0, 0.1) is 5.92 Å². The molecule has 0 spiro atoms. The number of esters is 1. The van der Waals surface area contributed by atoms with E-state index in [1.54, 1.807) is 6.92 Å². The summed E-state index contributed by atoms with van der Waals surface area (Å²) in [4.78, 5) is 24.1. The Balaban J connectivity index is 2.58. The van der Waals surface area contributed by atoms with Gasteiger partial charge in [0.05, 0.1) is 18.8 Å². The van der Waals surface area contributed by atoms with Gasteiger partial charge in [0.1, 0.15) is 6.04 Å². The summed E-state index contributed by atoms with van der Waals surface area (Å²) in [6.45, 7) is 6.74. The van der Waals surface area contributed by atoms with Crippen molar-refractivity contribution in [1.82, 2.24) is 5.32 Å². The van der Waals surface area contributed by atoms with Crippen molar-refractivity contribution in [2.45, 2.75) is 64.6 Å². The van der Waals surface area contributed by atoms with Crippen molar-refractivity contribution in [1.29, 1.82) is 0 Å². The molecule has 0 aliphatic carbocycles. The van der Waals surface area contributed by atoms with E-state index in [1.807, 2.05) is 13.8 Å². The van der Waals surface area contributed by atoms with Gasteiger partial charge in [0.15, 0.2) is 0 Å². The van der Waals surface area contributed by atoms with Crippen molar-refractivity contribution >= 4 is 11.9 Å². The highest BCUT2D eigenvalue weighted by Crippen LogP contribution is 2.17. The SMILES string of the molecule is CCOC(=O)[C@H](C[C@H]1CCCO1)NC(=O)[C@@H](N)CC(C)C. The van der Waals surface area contributed by atoms with Gasteiger partial charge < -0.3 is 20.5 Å². The summed E-state index contributed by atoms with van der Waals surface area (Å²) < 4.78 is 10.6. The number of hydrogen-bond donors (Lipinski definition) is 2. The summed E-state index contributed by atoms with van der Waals surface area (Å²) in [6, 6.07) is -1.29. The van der Waals surface area contributed by atoms with Gasteiger partial charge in [-0.05, 0) is 32.1 Å². The Hall–Kier alpha value is -1.14. The second kappa shape index (κ2) is 9.00. The number of rotatable bonds is 8. The third-order valence-corrected chi connectivity index (χ3v) is 3.47. The normalized spacial score (nSPS) is 21.1. The third-order valence-electron chi connectivity index (χ3n) is 3.47. The summed E-state index contributed by atoms with van der Waals surface area (Å²) in [5.41, 5.74) is 5.85. The van der Waals surface area contributed by atoms with Crippen LogP contribution in [0.1, 0.15) is 46.5 Å². The van der Waals surface area contributed by atoms with E-state index in [0.717, 1.165) is 12.8 Å². The van der Waals surface area contributed by atoms with Crippen LogP contribution < -0.4 is 11.1 Å². The van der Waals surface area contributed by atoms with Gasteiger partial charge in [-0.15, -0.1) is 0 Å². The molecule has 3 N–H and O–H groups in total. The smallest absolute Gasteiger partial charge is 0.328 e. The predicted octanol–water partition coefficient (Wildman–Crippen LogP) is 0.977. The highest BCUT2D eigenvalue weighted by atomic mass is 16.5. The minimum atomic E-state index is -0.682. The van der Waals surface area contributed by atoms with E-state index in [1.165, 1.54) is 0 Å². The van der Waals surface area contributed by atoms with Crippen LogP contribution in [0.15, 0.2) is 0 Å². The van der Waals surface area contributed by atoms with Gasteiger partial charge in [0, 0.05) is 13.0 Å². The molecule has 0 aromatic heterocycles. The van der Waals surface area contributed by atoms with E-state index in [0.29, 0.717) is 25.4 Å². The second-order valence-electron chi connectivity index (χ2n) is 5.92. The molecule has 21 heavy (non-hydrogen) atoms. The summed E-state index contributed by atoms with van der Waals surface area (Å²) >= 11 is 0. The molecule has 1 saturated heterocycles. The molecule has 122 valence electrons. The average Bonchev–Trinajstić information content (AvgIpc) is 2.90. The zero-order chi connectivity index (χ0) is 15.8. The number of hydrogen-bond acceptors (Lipinski definition) is 5. The maximum absolute atomic E-state index is 12.1. The molecule has 1 fully saturated rings. The van der Waals surface area contributed by atoms with Crippen LogP contribution in [-0.2, 0) is 19.1 Å². The Kier molecular flexibility index (Phi) is 7.67. The molecule has 0 aromatic carbocycles. The fraction of sp³-hybridized carbons (Fsp3) is 0.867. The highest BCUT2D eigenvalue weighted by Gasteiger charge is 2.29. The van der Waals surface area contributed by atoms with E-state index in [9.17, 15) is 9.59 Å². The van der Waals surface area contributed by atoms with Gasteiger partial charge in [-0.1, -0.05) is 13.8 Å². The number of ether oxygens (including phenoxy) is 2.